The van der Waals surface area contributed by atoms with Crippen LogP contribution in [0.4, 0.5) is 8.78 Å². The predicted octanol–water partition coefficient (Wildman–Crippen LogP) is 2.77. The molecule has 6 heteroatoms. The van der Waals surface area contributed by atoms with Crippen LogP contribution in [-0.2, 0) is 4.74 Å². The zero-order chi connectivity index (χ0) is 11.6. The largest absolute Gasteiger partial charge is 0.465 e. The van der Waals surface area contributed by atoms with E-state index in [1.807, 2.05) is 0 Å². The molecule has 0 unspecified atom stereocenters. The minimum absolute atomic E-state index is 0.0129. The third-order valence-electron chi connectivity index (χ3n) is 1.89. The minimum Gasteiger partial charge on any atom is -0.465 e. The molecule has 0 amide bonds. The zero-order valence-electron chi connectivity index (χ0n) is 8.05. The van der Waals surface area contributed by atoms with E-state index in [1.54, 1.807) is 0 Å². The standard InChI is InChI=1S/C9H8ClF2NO2/c1-4-6(10)5(9(14)15-2)3-13-7(4)8(11)12/h3,8H,1-2H3. The van der Waals surface area contributed by atoms with E-state index in [9.17, 15) is 13.6 Å². The second-order valence-corrected chi connectivity index (χ2v) is 3.17. The Labute approximate surface area is 90.0 Å². The Morgan fingerprint density at radius 2 is 2.20 bits per heavy atom. The van der Waals surface area contributed by atoms with E-state index in [0.29, 0.717) is 0 Å². The number of esters is 1. The van der Waals surface area contributed by atoms with Crippen molar-refractivity contribution in [3.8, 4) is 0 Å². The van der Waals surface area contributed by atoms with Crippen LogP contribution in [0.5, 0.6) is 0 Å². The van der Waals surface area contributed by atoms with E-state index < -0.39 is 18.1 Å². The van der Waals surface area contributed by atoms with Gasteiger partial charge in [-0.3, -0.25) is 4.98 Å². The van der Waals surface area contributed by atoms with Gasteiger partial charge in [0.25, 0.3) is 6.43 Å². The van der Waals surface area contributed by atoms with Crippen molar-refractivity contribution in [3.63, 3.8) is 0 Å². The molecule has 0 N–H and O–H groups in total. The van der Waals surface area contributed by atoms with E-state index in [2.05, 4.69) is 9.72 Å². The maximum absolute atomic E-state index is 12.4. The van der Waals surface area contributed by atoms with Crippen LogP contribution in [0.15, 0.2) is 6.20 Å². The Bertz CT molecular complexity index is 396. The number of nitrogens with zero attached hydrogens (tertiary/aromatic N) is 1. The highest BCUT2D eigenvalue weighted by Crippen LogP contribution is 2.28. The van der Waals surface area contributed by atoms with Crippen LogP contribution >= 0.6 is 11.6 Å². The van der Waals surface area contributed by atoms with E-state index >= 15 is 0 Å². The molecule has 3 nitrogen and oxygen atoms in total. The van der Waals surface area contributed by atoms with Gasteiger partial charge in [0.15, 0.2) is 0 Å². The van der Waals surface area contributed by atoms with Crippen molar-refractivity contribution in [2.24, 2.45) is 0 Å². The molecule has 0 radical (unpaired) electrons. The van der Waals surface area contributed by atoms with Crippen LogP contribution in [0.2, 0.25) is 5.02 Å². The normalized spacial score (nSPS) is 10.5. The number of hydrogen-bond donors (Lipinski definition) is 0. The number of halogens is 3. The lowest BCUT2D eigenvalue weighted by Gasteiger charge is -2.08. The molecule has 0 aliphatic carbocycles. The monoisotopic (exact) mass is 235 g/mol. The molecule has 0 saturated heterocycles. The van der Waals surface area contributed by atoms with Gasteiger partial charge >= 0.3 is 5.97 Å². The molecule has 15 heavy (non-hydrogen) atoms. The van der Waals surface area contributed by atoms with Crippen molar-refractivity contribution >= 4 is 17.6 Å². The number of carbonyl (C=O) groups is 1. The highest BCUT2D eigenvalue weighted by molar-refractivity contribution is 6.34. The van der Waals surface area contributed by atoms with E-state index in [-0.39, 0.29) is 16.1 Å². The number of methoxy groups -OCH3 is 1. The average molecular weight is 236 g/mol. The van der Waals surface area contributed by atoms with E-state index in [4.69, 9.17) is 11.6 Å². The summed E-state index contributed by atoms with van der Waals surface area (Å²) < 4.78 is 29.2. The zero-order valence-corrected chi connectivity index (χ0v) is 8.81. The molecule has 0 aliphatic rings. The Kier molecular flexibility index (Phi) is 3.57. The van der Waals surface area contributed by atoms with Gasteiger partial charge < -0.3 is 4.74 Å². The van der Waals surface area contributed by atoms with Gasteiger partial charge in [0.1, 0.15) is 5.69 Å². The van der Waals surface area contributed by atoms with Crippen LogP contribution < -0.4 is 0 Å². The van der Waals surface area contributed by atoms with Crippen molar-refractivity contribution in [1.29, 1.82) is 0 Å². The second kappa shape index (κ2) is 4.53. The van der Waals surface area contributed by atoms with Crippen LogP contribution in [0.1, 0.15) is 28.0 Å². The molecule has 0 atom stereocenters. The quantitative estimate of drug-likeness (QED) is 0.740. The summed E-state index contributed by atoms with van der Waals surface area (Å²) in [6.45, 7) is 1.38. The topological polar surface area (TPSA) is 39.2 Å². The van der Waals surface area contributed by atoms with Crippen molar-refractivity contribution in [1.82, 2.24) is 4.98 Å². The fourth-order valence-electron chi connectivity index (χ4n) is 1.07. The van der Waals surface area contributed by atoms with Gasteiger partial charge in [0.2, 0.25) is 0 Å². The van der Waals surface area contributed by atoms with Gasteiger partial charge in [-0.15, -0.1) is 0 Å². The third kappa shape index (κ3) is 2.23. The number of carbonyl (C=O) groups excluding carboxylic acids is 1. The lowest BCUT2D eigenvalue weighted by molar-refractivity contribution is 0.0599. The summed E-state index contributed by atoms with van der Waals surface area (Å²) in [5.41, 5.74) is -0.344. The highest BCUT2D eigenvalue weighted by Gasteiger charge is 2.20. The van der Waals surface area contributed by atoms with Crippen molar-refractivity contribution < 1.29 is 18.3 Å². The Balaban J connectivity index is 3.27. The summed E-state index contributed by atoms with van der Waals surface area (Å²) in [4.78, 5) is 14.6. The molecule has 1 aromatic rings. The maximum atomic E-state index is 12.4. The number of pyridine rings is 1. The Hall–Kier alpha value is -1.23. The first kappa shape index (κ1) is 11.8. The number of alkyl halides is 2. The van der Waals surface area contributed by atoms with Gasteiger partial charge in [-0.25, -0.2) is 13.6 Å². The molecule has 1 heterocycles. The summed E-state index contributed by atoms with van der Waals surface area (Å²) in [5.74, 6) is -0.698. The van der Waals surface area contributed by atoms with E-state index in [0.717, 1.165) is 6.20 Å². The van der Waals surface area contributed by atoms with E-state index in [1.165, 1.54) is 14.0 Å². The van der Waals surface area contributed by atoms with Crippen molar-refractivity contribution in [2.45, 2.75) is 13.3 Å². The highest BCUT2D eigenvalue weighted by atomic mass is 35.5. The van der Waals surface area contributed by atoms with Crippen LogP contribution in [-0.4, -0.2) is 18.1 Å². The Morgan fingerprint density at radius 1 is 1.60 bits per heavy atom. The average Bonchev–Trinajstić information content (AvgIpc) is 2.20. The summed E-state index contributed by atoms with van der Waals surface area (Å²) in [7, 11) is 1.18. The maximum Gasteiger partial charge on any atom is 0.340 e. The van der Waals surface area contributed by atoms with Gasteiger partial charge in [-0.05, 0) is 12.5 Å². The number of rotatable bonds is 2. The lowest BCUT2D eigenvalue weighted by Crippen LogP contribution is -2.06. The summed E-state index contributed by atoms with van der Waals surface area (Å²) in [6, 6.07) is 0. The molecule has 1 aromatic heterocycles. The summed E-state index contributed by atoms with van der Waals surface area (Å²) >= 11 is 5.74. The van der Waals surface area contributed by atoms with Gasteiger partial charge in [0.05, 0.1) is 17.7 Å². The molecule has 0 bridgehead atoms. The molecule has 0 spiro atoms. The third-order valence-corrected chi connectivity index (χ3v) is 2.38. The second-order valence-electron chi connectivity index (χ2n) is 2.79. The molecular weight excluding hydrogens is 228 g/mol. The number of aromatic nitrogens is 1. The summed E-state index contributed by atoms with van der Waals surface area (Å²) in [6.07, 6.45) is -1.72. The van der Waals surface area contributed by atoms with Crippen LogP contribution in [0.3, 0.4) is 0 Å². The molecule has 82 valence electrons. The number of hydrogen-bond acceptors (Lipinski definition) is 3. The number of ether oxygens (including phenoxy) is 1. The lowest BCUT2D eigenvalue weighted by atomic mass is 10.1. The van der Waals surface area contributed by atoms with Crippen molar-refractivity contribution in [3.05, 3.63) is 28.0 Å². The van der Waals surface area contributed by atoms with Gasteiger partial charge in [-0.1, -0.05) is 11.6 Å². The first-order valence-corrected chi connectivity index (χ1v) is 4.38. The smallest absolute Gasteiger partial charge is 0.340 e. The molecule has 0 saturated carbocycles. The first-order valence-electron chi connectivity index (χ1n) is 4.00. The van der Waals surface area contributed by atoms with Gasteiger partial charge in [0, 0.05) is 6.20 Å². The fourth-order valence-corrected chi connectivity index (χ4v) is 1.30. The van der Waals surface area contributed by atoms with Crippen LogP contribution in [0, 0.1) is 6.92 Å². The van der Waals surface area contributed by atoms with Crippen molar-refractivity contribution in [2.75, 3.05) is 7.11 Å². The molecular formula is C9H8ClF2NO2. The SMILES string of the molecule is COC(=O)c1cnc(C(F)F)c(C)c1Cl. The fraction of sp³-hybridized carbons (Fsp3) is 0.333. The molecule has 0 aliphatic heterocycles. The predicted molar refractivity (Wildman–Crippen MR) is 50.3 cm³/mol. The summed E-state index contributed by atoms with van der Waals surface area (Å²) in [5, 5.41) is -0.0489. The van der Waals surface area contributed by atoms with Crippen LogP contribution in [0.25, 0.3) is 0 Å². The molecule has 0 aromatic carbocycles. The molecule has 1 rings (SSSR count). The Morgan fingerprint density at radius 3 is 2.67 bits per heavy atom. The minimum atomic E-state index is -2.71. The molecule has 0 fully saturated rings. The first-order chi connectivity index (χ1) is 6.99. The van der Waals surface area contributed by atoms with Gasteiger partial charge in [-0.2, -0.15) is 0 Å².